The van der Waals surface area contributed by atoms with Gasteiger partial charge in [0.2, 0.25) is 5.91 Å². The van der Waals surface area contributed by atoms with Crippen LogP contribution in [0, 0.1) is 5.92 Å². The molecule has 1 aromatic carbocycles. The number of hydrogen-bond acceptors (Lipinski definition) is 4. The molecule has 1 aromatic rings. The van der Waals surface area contributed by atoms with E-state index in [-0.39, 0.29) is 11.8 Å². The summed E-state index contributed by atoms with van der Waals surface area (Å²) < 4.78 is 10.7. The highest BCUT2D eigenvalue weighted by Gasteiger charge is 2.29. The first-order chi connectivity index (χ1) is 14.2. The fraction of sp³-hybridized carbons (Fsp3) is 0.636. The van der Waals surface area contributed by atoms with Crippen molar-refractivity contribution in [1.29, 1.82) is 0 Å². The normalized spacial score (nSPS) is 21.3. The minimum absolute atomic E-state index is 0.137. The second-order valence-electron chi connectivity index (χ2n) is 7.65. The third-order valence-electron chi connectivity index (χ3n) is 5.57. The Morgan fingerprint density at radius 1 is 1.24 bits per heavy atom. The Labute approximate surface area is 174 Å². The molecular formula is C22H34N4O3. The average molecular weight is 403 g/mol. The number of aliphatic imine (C=N–C) groups is 1. The zero-order valence-electron chi connectivity index (χ0n) is 17.7. The van der Waals surface area contributed by atoms with E-state index in [4.69, 9.17) is 14.5 Å². The van der Waals surface area contributed by atoms with Gasteiger partial charge in [-0.3, -0.25) is 9.79 Å². The number of nitrogens with one attached hydrogen (secondary N) is 1. The maximum atomic E-state index is 13.3. The number of carbonyl (C=O) groups is 1. The lowest BCUT2D eigenvalue weighted by Crippen LogP contribution is -2.44. The second kappa shape index (κ2) is 11.2. The fourth-order valence-electron chi connectivity index (χ4n) is 4.02. The van der Waals surface area contributed by atoms with Crippen LogP contribution in [0.5, 0.6) is 0 Å². The summed E-state index contributed by atoms with van der Waals surface area (Å²) >= 11 is 0. The van der Waals surface area contributed by atoms with Gasteiger partial charge in [0.25, 0.3) is 0 Å². The molecule has 0 aromatic heterocycles. The molecule has 2 atom stereocenters. The van der Waals surface area contributed by atoms with Crippen LogP contribution in [0.1, 0.15) is 24.8 Å². The van der Waals surface area contributed by atoms with Crippen LogP contribution < -0.4 is 5.32 Å². The predicted octanol–water partition coefficient (Wildman–Crippen LogP) is 1.56. The Morgan fingerprint density at radius 3 is 2.69 bits per heavy atom. The number of morpholine rings is 1. The van der Waals surface area contributed by atoms with Crippen LogP contribution >= 0.6 is 0 Å². The molecule has 2 fully saturated rings. The first-order valence-corrected chi connectivity index (χ1v) is 10.7. The lowest BCUT2D eigenvalue weighted by molar-refractivity contribution is -0.136. The number of guanidine groups is 1. The van der Waals surface area contributed by atoms with Gasteiger partial charge in [-0.2, -0.15) is 0 Å². The van der Waals surface area contributed by atoms with E-state index in [1.165, 1.54) is 0 Å². The number of carbonyl (C=O) groups excluding carboxylic acids is 1. The van der Waals surface area contributed by atoms with Gasteiger partial charge >= 0.3 is 0 Å². The molecule has 2 heterocycles. The van der Waals surface area contributed by atoms with Crippen LogP contribution in [0.4, 0.5) is 0 Å². The third-order valence-corrected chi connectivity index (χ3v) is 5.57. The Bertz CT molecular complexity index is 661. The highest BCUT2D eigenvalue weighted by atomic mass is 16.5. The van der Waals surface area contributed by atoms with E-state index in [0.29, 0.717) is 38.8 Å². The minimum Gasteiger partial charge on any atom is -0.384 e. The molecule has 0 radical (unpaired) electrons. The topological polar surface area (TPSA) is 66.4 Å². The van der Waals surface area contributed by atoms with Crippen molar-refractivity contribution in [3.63, 3.8) is 0 Å². The molecule has 0 aliphatic carbocycles. The lowest BCUT2D eigenvalue weighted by atomic mass is 9.97. The number of likely N-dealkylation sites (tertiary alicyclic amines) is 1. The van der Waals surface area contributed by atoms with Gasteiger partial charge in [0.15, 0.2) is 5.96 Å². The number of methoxy groups -OCH3 is 1. The largest absolute Gasteiger partial charge is 0.384 e. The molecule has 7 heteroatoms. The van der Waals surface area contributed by atoms with Crippen LogP contribution in [0.3, 0.4) is 0 Å². The molecule has 160 valence electrons. The van der Waals surface area contributed by atoms with Crippen molar-refractivity contribution in [1.82, 2.24) is 15.1 Å². The average Bonchev–Trinajstić information content (AvgIpc) is 3.23. The van der Waals surface area contributed by atoms with Crippen LogP contribution in [-0.4, -0.2) is 87.9 Å². The number of benzene rings is 1. The first-order valence-electron chi connectivity index (χ1n) is 10.7. The summed E-state index contributed by atoms with van der Waals surface area (Å²) in [4.78, 5) is 22.4. The molecule has 3 rings (SSSR count). The number of rotatable bonds is 7. The van der Waals surface area contributed by atoms with E-state index in [9.17, 15) is 4.79 Å². The van der Waals surface area contributed by atoms with Crippen molar-refractivity contribution >= 4 is 11.9 Å². The lowest BCUT2D eigenvalue weighted by Gasteiger charge is -2.30. The number of amides is 1. The van der Waals surface area contributed by atoms with Gasteiger partial charge in [0.05, 0.1) is 32.3 Å². The second-order valence-corrected chi connectivity index (χ2v) is 7.65. The van der Waals surface area contributed by atoms with Crippen molar-refractivity contribution < 1.29 is 14.3 Å². The quantitative estimate of drug-likeness (QED) is 0.554. The van der Waals surface area contributed by atoms with E-state index in [2.05, 4.69) is 17.1 Å². The molecule has 0 saturated carbocycles. The van der Waals surface area contributed by atoms with E-state index >= 15 is 0 Å². The van der Waals surface area contributed by atoms with Gasteiger partial charge in [-0.25, -0.2) is 0 Å². The predicted molar refractivity (Wildman–Crippen MR) is 114 cm³/mol. The Hall–Kier alpha value is -2.12. The SMILES string of the molecule is CCNC(=NCC(C(=O)N1CCOCC1)c1ccccc1)N1CCC(COC)C1. The van der Waals surface area contributed by atoms with Gasteiger partial charge in [-0.05, 0) is 18.9 Å². The maximum Gasteiger partial charge on any atom is 0.232 e. The first kappa shape index (κ1) is 21.6. The Morgan fingerprint density at radius 2 is 2.00 bits per heavy atom. The third kappa shape index (κ3) is 5.93. The van der Waals surface area contributed by atoms with E-state index in [0.717, 1.165) is 44.2 Å². The fourth-order valence-corrected chi connectivity index (χ4v) is 4.02. The van der Waals surface area contributed by atoms with Crippen LogP contribution in [0.2, 0.25) is 0 Å². The van der Waals surface area contributed by atoms with Crippen LogP contribution in [-0.2, 0) is 14.3 Å². The monoisotopic (exact) mass is 402 g/mol. The molecule has 7 nitrogen and oxygen atoms in total. The summed E-state index contributed by atoms with van der Waals surface area (Å²) in [6.45, 7) is 8.51. The summed E-state index contributed by atoms with van der Waals surface area (Å²) in [5, 5.41) is 3.40. The van der Waals surface area contributed by atoms with Crippen molar-refractivity contribution in [3.8, 4) is 0 Å². The Kier molecular flexibility index (Phi) is 8.31. The summed E-state index contributed by atoms with van der Waals surface area (Å²) in [5.74, 6) is 1.28. The molecule has 1 amide bonds. The van der Waals surface area contributed by atoms with Crippen molar-refractivity contribution in [2.24, 2.45) is 10.9 Å². The standard InChI is InChI=1S/C22H34N4O3/c1-3-23-22(26-10-9-18(16-26)17-28-2)24-15-20(19-7-5-4-6-8-19)21(27)25-11-13-29-14-12-25/h4-8,18,20H,3,9-17H2,1-2H3,(H,23,24). The van der Waals surface area contributed by atoms with Gasteiger partial charge < -0.3 is 24.6 Å². The summed E-state index contributed by atoms with van der Waals surface area (Å²) in [5.41, 5.74) is 1.02. The Balaban J connectivity index is 1.75. The van der Waals surface area contributed by atoms with Gasteiger partial charge in [-0.15, -0.1) is 0 Å². The van der Waals surface area contributed by atoms with E-state index in [1.54, 1.807) is 7.11 Å². The number of ether oxygens (including phenoxy) is 2. The molecule has 2 aliphatic rings. The summed E-state index contributed by atoms with van der Waals surface area (Å²) in [6, 6.07) is 10.00. The smallest absolute Gasteiger partial charge is 0.232 e. The molecule has 1 N–H and O–H groups in total. The minimum atomic E-state index is -0.277. The zero-order chi connectivity index (χ0) is 20.5. The zero-order valence-corrected chi connectivity index (χ0v) is 17.7. The number of hydrogen-bond donors (Lipinski definition) is 1. The molecule has 29 heavy (non-hydrogen) atoms. The number of nitrogens with zero attached hydrogens (tertiary/aromatic N) is 3. The molecular weight excluding hydrogens is 368 g/mol. The summed E-state index contributed by atoms with van der Waals surface area (Å²) in [6.07, 6.45) is 1.10. The van der Waals surface area contributed by atoms with Gasteiger partial charge in [0.1, 0.15) is 0 Å². The summed E-state index contributed by atoms with van der Waals surface area (Å²) in [7, 11) is 1.75. The molecule has 2 unspecified atom stereocenters. The van der Waals surface area contributed by atoms with Crippen LogP contribution in [0.25, 0.3) is 0 Å². The van der Waals surface area contributed by atoms with E-state index < -0.39 is 0 Å². The van der Waals surface area contributed by atoms with E-state index in [1.807, 2.05) is 35.2 Å². The van der Waals surface area contributed by atoms with Gasteiger partial charge in [-0.1, -0.05) is 30.3 Å². The van der Waals surface area contributed by atoms with Crippen molar-refractivity contribution in [3.05, 3.63) is 35.9 Å². The van der Waals surface area contributed by atoms with Crippen LogP contribution in [0.15, 0.2) is 35.3 Å². The van der Waals surface area contributed by atoms with Crippen molar-refractivity contribution in [2.75, 3.05) is 66.2 Å². The van der Waals surface area contributed by atoms with Crippen molar-refractivity contribution in [2.45, 2.75) is 19.3 Å². The molecule has 0 bridgehead atoms. The molecule has 2 aliphatic heterocycles. The maximum absolute atomic E-state index is 13.3. The molecule has 2 saturated heterocycles. The van der Waals surface area contributed by atoms with Gasteiger partial charge in [0, 0.05) is 45.8 Å². The highest BCUT2D eigenvalue weighted by molar-refractivity contribution is 5.85. The highest BCUT2D eigenvalue weighted by Crippen LogP contribution is 2.21. The molecule has 0 spiro atoms.